The van der Waals surface area contributed by atoms with Crippen LogP contribution in [0.3, 0.4) is 0 Å². The fraction of sp³-hybridized carbons (Fsp3) is 0.294. The Morgan fingerprint density at radius 3 is 2.86 bits per heavy atom. The molecule has 0 bridgehead atoms. The van der Waals surface area contributed by atoms with Gasteiger partial charge in [0.25, 0.3) is 0 Å². The Bertz CT molecular complexity index is 639. The molecule has 0 atom stereocenters. The van der Waals surface area contributed by atoms with Gasteiger partial charge in [-0.1, -0.05) is 24.0 Å². The molecule has 0 saturated carbocycles. The first kappa shape index (κ1) is 15.6. The van der Waals surface area contributed by atoms with Crippen molar-refractivity contribution in [3.8, 4) is 17.6 Å². The topological polar surface area (TPSA) is 38.5 Å². The Morgan fingerprint density at radius 1 is 1.24 bits per heavy atom. The maximum absolute atomic E-state index is 5.39. The Balaban J connectivity index is 1.94. The highest BCUT2D eigenvalue weighted by Crippen LogP contribution is 2.19. The molecule has 0 aliphatic rings. The van der Waals surface area contributed by atoms with E-state index in [4.69, 9.17) is 10.5 Å². The summed E-state index contributed by atoms with van der Waals surface area (Å²) in [4.78, 5) is 4.66. The molecule has 110 valence electrons. The number of nitrogens with zero attached hydrogens (tertiary/aromatic N) is 1. The molecule has 0 unspecified atom stereocenters. The second-order valence-electron chi connectivity index (χ2n) is 4.80. The van der Waals surface area contributed by atoms with Crippen LogP contribution in [0.5, 0.6) is 5.75 Å². The van der Waals surface area contributed by atoms with Crippen molar-refractivity contribution in [3.63, 3.8) is 0 Å². The van der Waals surface area contributed by atoms with E-state index in [2.05, 4.69) is 48.1 Å². The Labute approximate surface area is 130 Å². The third-order valence-electron chi connectivity index (χ3n) is 2.99. The first-order valence-corrected chi connectivity index (χ1v) is 7.62. The van der Waals surface area contributed by atoms with Crippen LogP contribution >= 0.6 is 11.3 Å². The molecule has 0 fully saturated rings. The molecule has 0 amide bonds. The van der Waals surface area contributed by atoms with Crippen LogP contribution < -0.4 is 10.5 Å². The molecule has 2 rings (SSSR count). The van der Waals surface area contributed by atoms with E-state index in [9.17, 15) is 0 Å². The van der Waals surface area contributed by atoms with Crippen molar-refractivity contribution in [3.05, 3.63) is 51.7 Å². The molecule has 1 aromatic carbocycles. The van der Waals surface area contributed by atoms with Crippen molar-refractivity contribution < 1.29 is 4.74 Å². The van der Waals surface area contributed by atoms with Crippen molar-refractivity contribution in [1.29, 1.82) is 0 Å². The first-order valence-electron chi connectivity index (χ1n) is 6.80. The van der Waals surface area contributed by atoms with Gasteiger partial charge in [-0.3, -0.25) is 4.90 Å². The van der Waals surface area contributed by atoms with E-state index in [0.29, 0.717) is 6.54 Å². The average Bonchev–Trinajstić information content (AvgIpc) is 2.92. The molecule has 2 aromatic rings. The number of thiophene rings is 1. The fourth-order valence-electron chi connectivity index (χ4n) is 2.07. The van der Waals surface area contributed by atoms with E-state index in [1.165, 1.54) is 10.4 Å². The molecule has 0 saturated heterocycles. The van der Waals surface area contributed by atoms with Gasteiger partial charge in [-0.2, -0.15) is 0 Å². The number of ether oxygens (including phenoxy) is 1. The van der Waals surface area contributed by atoms with Crippen LogP contribution in [0.1, 0.15) is 15.3 Å². The Hall–Kier alpha value is -1.80. The predicted molar refractivity (Wildman–Crippen MR) is 88.4 cm³/mol. The van der Waals surface area contributed by atoms with Crippen molar-refractivity contribution >= 4 is 11.3 Å². The van der Waals surface area contributed by atoms with Crippen molar-refractivity contribution in [1.82, 2.24) is 4.90 Å². The predicted octanol–water partition coefficient (Wildman–Crippen LogP) is 2.70. The van der Waals surface area contributed by atoms with Gasteiger partial charge in [0, 0.05) is 18.0 Å². The summed E-state index contributed by atoms with van der Waals surface area (Å²) in [5, 5.41) is 0. The van der Waals surface area contributed by atoms with Crippen molar-refractivity contribution in [2.75, 3.05) is 20.7 Å². The normalized spacial score (nSPS) is 10.3. The molecule has 0 radical (unpaired) electrons. The first-order chi connectivity index (χ1) is 10.2. The maximum Gasteiger partial charge on any atom is 0.119 e. The van der Waals surface area contributed by atoms with Gasteiger partial charge in [0.15, 0.2) is 0 Å². The zero-order valence-electron chi connectivity index (χ0n) is 12.4. The van der Waals surface area contributed by atoms with Crippen LogP contribution in [-0.2, 0) is 13.1 Å². The lowest BCUT2D eigenvalue weighted by Crippen LogP contribution is -2.16. The molecule has 2 N–H and O–H groups in total. The monoisotopic (exact) mass is 300 g/mol. The molecule has 3 nitrogen and oxygen atoms in total. The molecular formula is C17H20N2OS. The van der Waals surface area contributed by atoms with Crippen LogP contribution in [0.2, 0.25) is 0 Å². The van der Waals surface area contributed by atoms with Crippen LogP contribution in [0.15, 0.2) is 36.4 Å². The summed E-state index contributed by atoms with van der Waals surface area (Å²) < 4.78 is 5.25. The minimum Gasteiger partial charge on any atom is -0.497 e. The van der Waals surface area contributed by atoms with Gasteiger partial charge in [-0.25, -0.2) is 0 Å². The van der Waals surface area contributed by atoms with Crippen LogP contribution in [-0.4, -0.2) is 25.6 Å². The molecule has 21 heavy (non-hydrogen) atoms. The highest BCUT2D eigenvalue weighted by molar-refractivity contribution is 7.12. The lowest BCUT2D eigenvalue weighted by molar-refractivity contribution is 0.321. The SMILES string of the molecule is COc1cccc(CN(C)Cc2ccc(C#CCN)s2)c1. The average molecular weight is 300 g/mol. The summed E-state index contributed by atoms with van der Waals surface area (Å²) in [5.41, 5.74) is 6.63. The summed E-state index contributed by atoms with van der Waals surface area (Å²) in [7, 11) is 3.81. The van der Waals surface area contributed by atoms with E-state index < -0.39 is 0 Å². The number of rotatable bonds is 5. The summed E-state index contributed by atoms with van der Waals surface area (Å²) in [6.45, 7) is 2.20. The van der Waals surface area contributed by atoms with Gasteiger partial charge in [0.05, 0.1) is 18.5 Å². The van der Waals surface area contributed by atoms with Gasteiger partial charge in [-0.05, 0) is 36.9 Å². The van der Waals surface area contributed by atoms with Crippen LogP contribution in [0.4, 0.5) is 0 Å². The van der Waals surface area contributed by atoms with Crippen molar-refractivity contribution in [2.45, 2.75) is 13.1 Å². The molecule has 0 aliphatic carbocycles. The highest BCUT2D eigenvalue weighted by Gasteiger charge is 2.05. The lowest BCUT2D eigenvalue weighted by atomic mass is 10.2. The quantitative estimate of drug-likeness (QED) is 0.863. The van der Waals surface area contributed by atoms with Crippen molar-refractivity contribution in [2.24, 2.45) is 5.73 Å². The number of benzene rings is 1. The van der Waals surface area contributed by atoms with Gasteiger partial charge < -0.3 is 10.5 Å². The standard InChI is InChI=1S/C17H20N2OS/c1-19(12-14-5-3-6-15(11-14)20-2)13-17-9-8-16(21-17)7-4-10-18/h3,5-6,8-9,11H,10,12-13,18H2,1-2H3. The van der Waals surface area contributed by atoms with Gasteiger partial charge in [-0.15, -0.1) is 11.3 Å². The zero-order chi connectivity index (χ0) is 15.1. The third-order valence-corrected chi connectivity index (χ3v) is 3.97. The smallest absolute Gasteiger partial charge is 0.119 e. The van der Waals surface area contributed by atoms with Gasteiger partial charge in [0.1, 0.15) is 5.75 Å². The summed E-state index contributed by atoms with van der Waals surface area (Å²) in [5.74, 6) is 6.86. The summed E-state index contributed by atoms with van der Waals surface area (Å²) >= 11 is 1.72. The van der Waals surface area contributed by atoms with Crippen LogP contribution in [0.25, 0.3) is 0 Å². The van der Waals surface area contributed by atoms with E-state index in [1.54, 1.807) is 18.4 Å². The summed E-state index contributed by atoms with van der Waals surface area (Å²) in [6, 6.07) is 12.4. The summed E-state index contributed by atoms with van der Waals surface area (Å²) in [6.07, 6.45) is 0. The molecular weight excluding hydrogens is 280 g/mol. The number of methoxy groups -OCH3 is 1. The minimum absolute atomic E-state index is 0.406. The largest absolute Gasteiger partial charge is 0.497 e. The lowest BCUT2D eigenvalue weighted by Gasteiger charge is -2.16. The Kier molecular flexibility index (Phi) is 5.82. The van der Waals surface area contributed by atoms with Gasteiger partial charge >= 0.3 is 0 Å². The van der Waals surface area contributed by atoms with Crippen LogP contribution in [0, 0.1) is 11.8 Å². The minimum atomic E-state index is 0.406. The zero-order valence-corrected chi connectivity index (χ0v) is 13.2. The second-order valence-corrected chi connectivity index (χ2v) is 5.96. The molecule has 0 aliphatic heterocycles. The molecule has 0 spiro atoms. The molecule has 1 heterocycles. The molecule has 1 aromatic heterocycles. The highest BCUT2D eigenvalue weighted by atomic mass is 32.1. The fourth-order valence-corrected chi connectivity index (χ4v) is 3.04. The molecule has 4 heteroatoms. The van der Waals surface area contributed by atoms with E-state index in [1.807, 2.05) is 12.1 Å². The number of nitrogens with two attached hydrogens (primary N) is 1. The number of hydrogen-bond donors (Lipinski definition) is 1. The Morgan fingerprint density at radius 2 is 2.10 bits per heavy atom. The second kappa shape index (κ2) is 7.84. The maximum atomic E-state index is 5.39. The van der Waals surface area contributed by atoms with E-state index >= 15 is 0 Å². The number of hydrogen-bond acceptors (Lipinski definition) is 4. The third kappa shape index (κ3) is 4.91. The van der Waals surface area contributed by atoms with E-state index in [0.717, 1.165) is 23.7 Å². The van der Waals surface area contributed by atoms with Gasteiger partial charge in [0.2, 0.25) is 0 Å². The van der Waals surface area contributed by atoms with E-state index in [-0.39, 0.29) is 0 Å².